The Hall–Kier alpha value is -0.380. The third-order valence-corrected chi connectivity index (χ3v) is 4.67. The molecule has 0 amide bonds. The van der Waals surface area contributed by atoms with Crippen molar-refractivity contribution in [2.24, 2.45) is 0 Å². The molecule has 1 heterocycles. The summed E-state index contributed by atoms with van der Waals surface area (Å²) in [5.74, 6) is 0. The highest BCUT2D eigenvalue weighted by Gasteiger charge is 2.11. The van der Waals surface area contributed by atoms with Crippen LogP contribution in [0.1, 0.15) is 20.3 Å². The minimum absolute atomic E-state index is 0.333. The van der Waals surface area contributed by atoms with E-state index < -0.39 is 0 Å². The molecule has 1 atom stereocenters. The van der Waals surface area contributed by atoms with Crippen molar-refractivity contribution in [3.8, 4) is 0 Å². The van der Waals surface area contributed by atoms with Gasteiger partial charge in [0.2, 0.25) is 0 Å². The normalized spacial score (nSPS) is 12.7. The number of thiazole rings is 1. The maximum Gasteiger partial charge on any atom is 0.0897 e. The van der Waals surface area contributed by atoms with Crippen LogP contribution in [0.4, 0.5) is 0 Å². The molecule has 0 aliphatic rings. The van der Waals surface area contributed by atoms with Crippen molar-refractivity contribution in [1.29, 1.82) is 0 Å². The SMILES string of the molecule is Cc1ncc(C(Br)Cc2ccc(Cl)cc2)s1. The lowest BCUT2D eigenvalue weighted by Gasteiger charge is -2.06. The molecule has 1 unspecified atom stereocenters. The predicted molar refractivity (Wildman–Crippen MR) is 73.7 cm³/mol. The summed E-state index contributed by atoms with van der Waals surface area (Å²) >= 11 is 11.3. The molecule has 1 aromatic carbocycles. The van der Waals surface area contributed by atoms with E-state index in [0.717, 1.165) is 16.5 Å². The lowest BCUT2D eigenvalue weighted by atomic mass is 10.1. The Kier molecular flexibility index (Phi) is 4.00. The molecule has 0 fully saturated rings. The summed E-state index contributed by atoms with van der Waals surface area (Å²) < 4.78 is 0. The molecular weight excluding hydrogens is 306 g/mol. The fourth-order valence-electron chi connectivity index (χ4n) is 1.45. The lowest BCUT2D eigenvalue weighted by molar-refractivity contribution is 0.965. The predicted octanol–water partition coefficient (Wildman–Crippen LogP) is 4.78. The highest BCUT2D eigenvalue weighted by Crippen LogP contribution is 2.31. The third-order valence-electron chi connectivity index (χ3n) is 2.28. The topological polar surface area (TPSA) is 12.9 Å². The number of aromatic nitrogens is 1. The number of hydrogen-bond donors (Lipinski definition) is 0. The number of alkyl halides is 1. The molecule has 0 spiro atoms. The molecule has 16 heavy (non-hydrogen) atoms. The van der Waals surface area contributed by atoms with E-state index in [1.54, 1.807) is 11.3 Å². The van der Waals surface area contributed by atoms with Crippen LogP contribution in [0.25, 0.3) is 0 Å². The first-order chi connectivity index (χ1) is 7.65. The van der Waals surface area contributed by atoms with E-state index >= 15 is 0 Å². The van der Waals surface area contributed by atoms with Crippen LogP contribution in [0.5, 0.6) is 0 Å². The van der Waals surface area contributed by atoms with Crippen LogP contribution in [0.2, 0.25) is 5.02 Å². The zero-order valence-corrected chi connectivity index (χ0v) is 11.9. The smallest absolute Gasteiger partial charge is 0.0897 e. The minimum Gasteiger partial charge on any atom is -0.250 e. The van der Waals surface area contributed by atoms with Gasteiger partial charge in [0, 0.05) is 16.1 Å². The van der Waals surface area contributed by atoms with Crippen LogP contribution in [0, 0.1) is 6.92 Å². The molecule has 2 aromatic rings. The van der Waals surface area contributed by atoms with E-state index in [1.807, 2.05) is 25.3 Å². The summed E-state index contributed by atoms with van der Waals surface area (Å²) in [5, 5.41) is 1.89. The van der Waals surface area contributed by atoms with Gasteiger partial charge < -0.3 is 0 Å². The molecule has 1 aromatic heterocycles. The van der Waals surface area contributed by atoms with Gasteiger partial charge in [-0.15, -0.1) is 11.3 Å². The van der Waals surface area contributed by atoms with E-state index in [0.29, 0.717) is 4.83 Å². The quantitative estimate of drug-likeness (QED) is 0.742. The maximum atomic E-state index is 5.85. The Morgan fingerprint density at radius 2 is 2.06 bits per heavy atom. The first-order valence-corrected chi connectivity index (χ1v) is 7.07. The molecule has 0 N–H and O–H groups in total. The second kappa shape index (κ2) is 5.30. The van der Waals surface area contributed by atoms with E-state index in [1.165, 1.54) is 10.4 Å². The number of halogens is 2. The maximum absolute atomic E-state index is 5.85. The van der Waals surface area contributed by atoms with Gasteiger partial charge in [-0.3, -0.25) is 0 Å². The summed E-state index contributed by atoms with van der Waals surface area (Å²) in [6.07, 6.45) is 2.90. The summed E-state index contributed by atoms with van der Waals surface area (Å²) in [7, 11) is 0. The van der Waals surface area contributed by atoms with Gasteiger partial charge in [-0.2, -0.15) is 0 Å². The van der Waals surface area contributed by atoms with Gasteiger partial charge in [0.25, 0.3) is 0 Å². The molecule has 0 radical (unpaired) electrons. The molecule has 1 nitrogen and oxygen atoms in total. The first-order valence-electron chi connectivity index (χ1n) is 4.96. The van der Waals surface area contributed by atoms with Crippen molar-refractivity contribution < 1.29 is 0 Å². The number of nitrogens with zero attached hydrogens (tertiary/aromatic N) is 1. The number of rotatable bonds is 3. The average molecular weight is 317 g/mol. The van der Waals surface area contributed by atoms with Gasteiger partial charge in [-0.05, 0) is 31.0 Å². The average Bonchev–Trinajstić information content (AvgIpc) is 2.68. The molecule has 0 saturated heterocycles. The number of benzene rings is 1. The van der Waals surface area contributed by atoms with Crippen molar-refractivity contribution in [2.45, 2.75) is 18.2 Å². The molecule has 84 valence electrons. The van der Waals surface area contributed by atoms with Crippen molar-refractivity contribution in [2.75, 3.05) is 0 Å². The van der Waals surface area contributed by atoms with Crippen LogP contribution in [-0.2, 0) is 6.42 Å². The zero-order valence-electron chi connectivity index (χ0n) is 8.78. The van der Waals surface area contributed by atoms with Gasteiger partial charge in [0.05, 0.1) is 9.83 Å². The van der Waals surface area contributed by atoms with Crippen LogP contribution >= 0.6 is 38.9 Å². The van der Waals surface area contributed by atoms with E-state index in [2.05, 4.69) is 33.0 Å². The van der Waals surface area contributed by atoms with Gasteiger partial charge in [0.15, 0.2) is 0 Å². The van der Waals surface area contributed by atoms with Crippen molar-refractivity contribution in [3.05, 3.63) is 50.9 Å². The summed E-state index contributed by atoms with van der Waals surface area (Å²) in [5.41, 5.74) is 1.28. The van der Waals surface area contributed by atoms with Crippen molar-refractivity contribution >= 4 is 38.9 Å². The van der Waals surface area contributed by atoms with Crippen LogP contribution in [-0.4, -0.2) is 4.98 Å². The highest BCUT2D eigenvalue weighted by molar-refractivity contribution is 9.09. The number of hydrogen-bond acceptors (Lipinski definition) is 2. The molecule has 0 saturated carbocycles. The van der Waals surface area contributed by atoms with Gasteiger partial charge in [-0.1, -0.05) is 39.7 Å². The van der Waals surface area contributed by atoms with Crippen molar-refractivity contribution in [1.82, 2.24) is 4.98 Å². The Balaban J connectivity index is 2.07. The zero-order chi connectivity index (χ0) is 11.5. The molecular formula is C12H11BrClNS. The molecule has 0 aliphatic heterocycles. The minimum atomic E-state index is 0.333. The second-order valence-electron chi connectivity index (χ2n) is 3.58. The highest BCUT2D eigenvalue weighted by atomic mass is 79.9. The Morgan fingerprint density at radius 3 is 2.62 bits per heavy atom. The summed E-state index contributed by atoms with van der Waals surface area (Å²) in [6, 6.07) is 7.97. The Bertz CT molecular complexity index is 466. The van der Waals surface area contributed by atoms with Gasteiger partial charge in [-0.25, -0.2) is 4.98 Å². The standard InChI is InChI=1S/C12H11BrClNS/c1-8-15-7-12(16-8)11(13)6-9-2-4-10(14)5-3-9/h2-5,7,11H,6H2,1H3. The Labute approximate surface area is 113 Å². The largest absolute Gasteiger partial charge is 0.250 e. The molecule has 2 rings (SSSR count). The molecule has 0 bridgehead atoms. The summed E-state index contributed by atoms with van der Waals surface area (Å²) in [4.78, 5) is 5.86. The van der Waals surface area contributed by atoms with Crippen LogP contribution in [0.15, 0.2) is 30.5 Å². The fraction of sp³-hybridized carbons (Fsp3) is 0.250. The third kappa shape index (κ3) is 3.06. The van der Waals surface area contributed by atoms with Gasteiger partial charge in [0.1, 0.15) is 0 Å². The first kappa shape index (κ1) is 12.1. The van der Waals surface area contributed by atoms with Crippen molar-refractivity contribution in [3.63, 3.8) is 0 Å². The van der Waals surface area contributed by atoms with Gasteiger partial charge >= 0.3 is 0 Å². The second-order valence-corrected chi connectivity index (χ2v) is 6.39. The Morgan fingerprint density at radius 1 is 1.38 bits per heavy atom. The number of aryl methyl sites for hydroxylation is 1. The van der Waals surface area contributed by atoms with E-state index in [-0.39, 0.29) is 0 Å². The van der Waals surface area contributed by atoms with E-state index in [9.17, 15) is 0 Å². The van der Waals surface area contributed by atoms with Crippen LogP contribution < -0.4 is 0 Å². The monoisotopic (exact) mass is 315 g/mol. The molecule has 4 heteroatoms. The van der Waals surface area contributed by atoms with E-state index in [4.69, 9.17) is 11.6 Å². The van der Waals surface area contributed by atoms with Crippen LogP contribution in [0.3, 0.4) is 0 Å². The molecule has 0 aliphatic carbocycles. The summed E-state index contributed by atoms with van der Waals surface area (Å²) in [6.45, 7) is 2.02. The lowest BCUT2D eigenvalue weighted by Crippen LogP contribution is -1.92. The fourth-order valence-corrected chi connectivity index (χ4v) is 3.11.